The normalized spacial score (nSPS) is 23.5. The van der Waals surface area contributed by atoms with Gasteiger partial charge >= 0.3 is 35.9 Å². The Morgan fingerprint density at radius 2 is 1.30 bits per heavy atom. The lowest BCUT2D eigenvalue weighted by Gasteiger charge is -2.43. The lowest BCUT2D eigenvalue weighted by molar-refractivity contribution is -0.299. The van der Waals surface area contributed by atoms with Crippen LogP contribution in [-0.4, -0.2) is 97.3 Å². The number of alkyl carbamates (subject to hydrolysis) is 1. The molecule has 1 heterocycles. The average Bonchev–Trinajstić information content (AvgIpc) is 2.77. The number of amides is 1. The van der Waals surface area contributed by atoms with Crippen molar-refractivity contribution in [1.29, 1.82) is 0 Å². The molecule has 1 amide bonds. The third-order valence-corrected chi connectivity index (χ3v) is 5.30. The van der Waals surface area contributed by atoms with Gasteiger partial charge in [0.05, 0.1) is 7.11 Å². The number of carbonyl (C=O) groups excluding carboxylic acids is 7. The molecule has 1 N–H and O–H groups in total. The van der Waals surface area contributed by atoms with Crippen LogP contribution in [0.4, 0.5) is 4.79 Å². The highest BCUT2D eigenvalue weighted by Gasteiger charge is 2.53. The first-order valence-electron chi connectivity index (χ1n) is 10.7. The zero-order chi connectivity index (χ0) is 28.3. The summed E-state index contributed by atoms with van der Waals surface area (Å²) in [6.45, 7) is 4.77. The average molecular weight is 552 g/mol. The standard InChI is InChI=1S/C21H29NO14S/c1-9(23)32-16-15(7-31-21(29)22-14(19(28)30-6)8-37-13(5)27)36-20(35-12(4)26)18(34-11(3)25)17(16)33-10(2)24/h14-18,20H,7-8H2,1-6H3,(H,22,29). The molecule has 208 valence electrons. The van der Waals surface area contributed by atoms with E-state index in [2.05, 4.69) is 10.1 Å². The molecule has 15 nitrogen and oxygen atoms in total. The first-order chi connectivity index (χ1) is 17.2. The van der Waals surface area contributed by atoms with Gasteiger partial charge < -0.3 is 38.5 Å². The number of thioether (sulfide) groups is 1. The van der Waals surface area contributed by atoms with Crippen LogP contribution >= 0.6 is 11.8 Å². The Hall–Kier alpha value is -3.40. The second-order valence-corrected chi connectivity index (χ2v) is 8.69. The summed E-state index contributed by atoms with van der Waals surface area (Å²) >= 11 is 0.765. The monoisotopic (exact) mass is 551 g/mol. The Kier molecular flexibility index (Phi) is 12.8. The molecule has 1 fully saturated rings. The number of hydrogen-bond acceptors (Lipinski definition) is 15. The van der Waals surface area contributed by atoms with Gasteiger partial charge in [0.2, 0.25) is 12.4 Å². The van der Waals surface area contributed by atoms with Crippen LogP contribution in [0.5, 0.6) is 0 Å². The summed E-state index contributed by atoms with van der Waals surface area (Å²) in [5, 5.41) is 1.92. The molecule has 16 heteroatoms. The fourth-order valence-corrected chi connectivity index (χ4v) is 3.72. The predicted molar refractivity (Wildman–Crippen MR) is 121 cm³/mol. The first kappa shape index (κ1) is 31.6. The minimum Gasteiger partial charge on any atom is -0.467 e. The maximum absolute atomic E-state index is 12.4. The summed E-state index contributed by atoms with van der Waals surface area (Å²) in [6, 6.07) is -1.24. The number of carbonyl (C=O) groups is 7. The Morgan fingerprint density at radius 1 is 0.784 bits per heavy atom. The molecule has 0 bridgehead atoms. The lowest BCUT2D eigenvalue weighted by Crippen LogP contribution is -2.63. The van der Waals surface area contributed by atoms with E-state index in [-0.39, 0.29) is 10.9 Å². The van der Waals surface area contributed by atoms with Crippen LogP contribution in [0.25, 0.3) is 0 Å². The van der Waals surface area contributed by atoms with Crippen LogP contribution < -0.4 is 5.32 Å². The molecule has 0 spiro atoms. The molecule has 1 aliphatic rings. The lowest BCUT2D eigenvalue weighted by atomic mass is 9.98. The maximum Gasteiger partial charge on any atom is 0.407 e. The van der Waals surface area contributed by atoms with Crippen LogP contribution in [0.15, 0.2) is 0 Å². The summed E-state index contributed by atoms with van der Waals surface area (Å²) in [5.74, 6) is -4.39. The van der Waals surface area contributed by atoms with Crippen molar-refractivity contribution in [2.45, 2.75) is 71.4 Å². The zero-order valence-corrected chi connectivity index (χ0v) is 21.8. The van der Waals surface area contributed by atoms with Crippen molar-refractivity contribution in [2.75, 3.05) is 19.5 Å². The van der Waals surface area contributed by atoms with Crippen molar-refractivity contribution in [3.05, 3.63) is 0 Å². The predicted octanol–water partition coefficient (Wildman–Crippen LogP) is -0.383. The van der Waals surface area contributed by atoms with E-state index in [1.54, 1.807) is 0 Å². The Labute approximate surface area is 216 Å². The van der Waals surface area contributed by atoms with Gasteiger partial charge in [-0.3, -0.25) is 24.0 Å². The number of ether oxygens (including phenoxy) is 7. The van der Waals surface area contributed by atoms with E-state index < -0.39 is 79.3 Å². The van der Waals surface area contributed by atoms with Crippen molar-refractivity contribution in [2.24, 2.45) is 0 Å². The van der Waals surface area contributed by atoms with Gasteiger partial charge in [0.25, 0.3) is 0 Å². The molecular weight excluding hydrogens is 522 g/mol. The first-order valence-corrected chi connectivity index (χ1v) is 11.7. The van der Waals surface area contributed by atoms with E-state index in [0.717, 1.165) is 46.6 Å². The molecule has 6 atom stereocenters. The van der Waals surface area contributed by atoms with Gasteiger partial charge in [-0.05, 0) is 0 Å². The number of methoxy groups -OCH3 is 1. The van der Waals surface area contributed by atoms with Gasteiger partial charge in [0.1, 0.15) is 18.8 Å². The fourth-order valence-electron chi connectivity index (χ4n) is 3.10. The van der Waals surface area contributed by atoms with Crippen molar-refractivity contribution in [3.63, 3.8) is 0 Å². The third kappa shape index (κ3) is 11.0. The minimum atomic E-state index is -1.64. The largest absolute Gasteiger partial charge is 0.467 e. The quantitative estimate of drug-likeness (QED) is 0.272. The van der Waals surface area contributed by atoms with E-state index in [4.69, 9.17) is 28.4 Å². The molecule has 0 saturated carbocycles. The second kappa shape index (κ2) is 15.0. The number of nitrogens with one attached hydrogen (secondary N) is 1. The minimum absolute atomic E-state index is 0.139. The smallest absolute Gasteiger partial charge is 0.407 e. The Morgan fingerprint density at radius 3 is 1.78 bits per heavy atom. The highest BCUT2D eigenvalue weighted by molar-refractivity contribution is 8.13. The molecule has 0 aromatic rings. The Balaban J connectivity index is 3.17. The molecule has 1 aliphatic heterocycles. The second-order valence-electron chi connectivity index (χ2n) is 7.50. The van der Waals surface area contributed by atoms with Crippen molar-refractivity contribution in [1.82, 2.24) is 5.32 Å². The molecule has 0 radical (unpaired) electrons. The molecular formula is C21H29NO14S. The van der Waals surface area contributed by atoms with E-state index in [1.165, 1.54) is 6.92 Å². The summed E-state index contributed by atoms with van der Waals surface area (Å²) in [5.41, 5.74) is 0. The van der Waals surface area contributed by atoms with Crippen LogP contribution in [-0.2, 0) is 61.9 Å². The van der Waals surface area contributed by atoms with Gasteiger partial charge in [-0.2, -0.15) is 0 Å². The van der Waals surface area contributed by atoms with Crippen LogP contribution in [0.1, 0.15) is 34.6 Å². The SMILES string of the molecule is COC(=O)C(CSC(C)=O)NC(=O)OCC1OC(OC(C)=O)C(OC(C)=O)C(OC(C)=O)C1OC(C)=O. The van der Waals surface area contributed by atoms with E-state index >= 15 is 0 Å². The molecule has 1 saturated heterocycles. The number of esters is 5. The zero-order valence-electron chi connectivity index (χ0n) is 21.0. The third-order valence-electron chi connectivity index (χ3n) is 4.39. The molecule has 1 rings (SSSR count). The maximum atomic E-state index is 12.4. The van der Waals surface area contributed by atoms with E-state index in [1.807, 2.05) is 0 Å². The van der Waals surface area contributed by atoms with Crippen molar-refractivity contribution in [3.8, 4) is 0 Å². The molecule has 37 heavy (non-hydrogen) atoms. The summed E-state index contributed by atoms with van der Waals surface area (Å²) in [6.07, 6.45) is -8.70. The van der Waals surface area contributed by atoms with Gasteiger partial charge in [0.15, 0.2) is 17.3 Å². The molecule has 0 aromatic carbocycles. The number of hydrogen-bond donors (Lipinski definition) is 1. The van der Waals surface area contributed by atoms with Crippen LogP contribution in [0.3, 0.4) is 0 Å². The van der Waals surface area contributed by atoms with Crippen LogP contribution in [0.2, 0.25) is 0 Å². The number of rotatable bonds is 10. The van der Waals surface area contributed by atoms with Crippen LogP contribution in [0, 0.1) is 0 Å². The van der Waals surface area contributed by atoms with Gasteiger partial charge in [-0.25, -0.2) is 9.59 Å². The Bertz CT molecular complexity index is 892. The van der Waals surface area contributed by atoms with E-state index in [0.29, 0.717) is 0 Å². The fraction of sp³-hybridized carbons (Fsp3) is 0.667. The van der Waals surface area contributed by atoms with Crippen molar-refractivity contribution >= 4 is 52.8 Å². The topological polar surface area (TPSA) is 196 Å². The van der Waals surface area contributed by atoms with E-state index in [9.17, 15) is 33.6 Å². The molecule has 6 unspecified atom stereocenters. The summed E-state index contributed by atoms with van der Waals surface area (Å²) in [4.78, 5) is 82.4. The van der Waals surface area contributed by atoms with Gasteiger partial charge in [-0.1, -0.05) is 11.8 Å². The van der Waals surface area contributed by atoms with Gasteiger partial charge in [0, 0.05) is 40.4 Å². The highest BCUT2D eigenvalue weighted by atomic mass is 32.2. The molecule has 0 aromatic heterocycles. The van der Waals surface area contributed by atoms with Crippen molar-refractivity contribution < 1.29 is 66.7 Å². The summed E-state index contributed by atoms with van der Waals surface area (Å²) < 4.78 is 35.9. The van der Waals surface area contributed by atoms with Gasteiger partial charge in [-0.15, -0.1) is 0 Å². The highest BCUT2D eigenvalue weighted by Crippen LogP contribution is 2.30. The summed E-state index contributed by atoms with van der Waals surface area (Å²) in [7, 11) is 1.09. The molecule has 0 aliphatic carbocycles.